The van der Waals surface area contributed by atoms with Crippen LogP contribution in [0.15, 0.2) is 12.1 Å². The lowest BCUT2D eigenvalue weighted by atomic mass is 10.2. The second kappa shape index (κ2) is 4.79. The Morgan fingerprint density at radius 2 is 1.76 bits per heavy atom. The number of hydrogen-bond acceptors (Lipinski definition) is 5. The van der Waals surface area contributed by atoms with E-state index < -0.39 is 0 Å². The maximum Gasteiger partial charge on any atom is 0.203 e. The zero-order chi connectivity index (χ0) is 12.4. The normalized spacial score (nSPS) is 10.9. The molecule has 0 fully saturated rings. The van der Waals surface area contributed by atoms with E-state index in [1.54, 1.807) is 0 Å². The summed E-state index contributed by atoms with van der Waals surface area (Å²) in [5, 5.41) is 4.12. The van der Waals surface area contributed by atoms with E-state index >= 15 is 0 Å². The Balaban J connectivity index is 2.30. The molecule has 4 nitrogen and oxygen atoms in total. The second-order valence-electron chi connectivity index (χ2n) is 4.36. The Labute approximate surface area is 105 Å². The van der Waals surface area contributed by atoms with Gasteiger partial charge in [0.2, 0.25) is 5.13 Å². The van der Waals surface area contributed by atoms with Gasteiger partial charge >= 0.3 is 0 Å². The third-order valence-electron chi connectivity index (χ3n) is 2.18. The third-order valence-corrected chi connectivity index (χ3v) is 2.82. The molecule has 90 valence electrons. The van der Waals surface area contributed by atoms with Crippen LogP contribution in [0.1, 0.15) is 25.2 Å². The second-order valence-corrected chi connectivity index (χ2v) is 5.11. The molecule has 2 heterocycles. The number of nitrogens with zero attached hydrogens (tertiary/aromatic N) is 3. The summed E-state index contributed by atoms with van der Waals surface area (Å²) in [6.45, 7) is 8.13. The number of pyridine rings is 1. The van der Waals surface area contributed by atoms with Crippen LogP contribution in [0.5, 0.6) is 0 Å². The lowest BCUT2D eigenvalue weighted by Gasteiger charge is -2.03. The lowest BCUT2D eigenvalue weighted by molar-refractivity contribution is 0.896. The number of anilines is 1. The smallest absolute Gasteiger partial charge is 0.203 e. The van der Waals surface area contributed by atoms with Crippen LogP contribution in [-0.4, -0.2) is 20.4 Å². The summed E-state index contributed by atoms with van der Waals surface area (Å²) in [5.41, 5.74) is 3.02. The summed E-state index contributed by atoms with van der Waals surface area (Å²) < 4.78 is 4.36. The first kappa shape index (κ1) is 12.0. The van der Waals surface area contributed by atoms with Crippen molar-refractivity contribution in [2.45, 2.75) is 33.7 Å². The van der Waals surface area contributed by atoms with E-state index in [0.717, 1.165) is 27.9 Å². The van der Waals surface area contributed by atoms with Crippen molar-refractivity contribution in [1.29, 1.82) is 0 Å². The number of aryl methyl sites for hydroxylation is 2. The van der Waals surface area contributed by atoms with Crippen LogP contribution in [0.25, 0.3) is 11.4 Å². The Hall–Kier alpha value is -1.49. The molecular formula is C12H16N4S. The van der Waals surface area contributed by atoms with Gasteiger partial charge in [0.05, 0.1) is 0 Å². The number of aromatic nitrogens is 3. The zero-order valence-corrected chi connectivity index (χ0v) is 11.3. The minimum Gasteiger partial charge on any atom is -0.358 e. The van der Waals surface area contributed by atoms with Gasteiger partial charge in [-0.3, -0.25) is 4.98 Å². The number of hydrogen-bond donors (Lipinski definition) is 1. The first-order valence-corrected chi connectivity index (χ1v) is 6.38. The van der Waals surface area contributed by atoms with Crippen LogP contribution in [0.2, 0.25) is 0 Å². The van der Waals surface area contributed by atoms with E-state index in [-0.39, 0.29) is 0 Å². The van der Waals surface area contributed by atoms with E-state index in [0.29, 0.717) is 6.04 Å². The van der Waals surface area contributed by atoms with Crippen molar-refractivity contribution in [2.24, 2.45) is 0 Å². The SMILES string of the molecule is Cc1cc(-c2nsc(NC(C)C)n2)cc(C)n1. The van der Waals surface area contributed by atoms with E-state index in [4.69, 9.17) is 0 Å². The molecule has 0 aromatic carbocycles. The maximum absolute atomic E-state index is 4.47. The van der Waals surface area contributed by atoms with E-state index in [1.807, 2.05) is 26.0 Å². The molecule has 5 heteroatoms. The summed E-state index contributed by atoms with van der Waals surface area (Å²) >= 11 is 1.39. The summed E-state index contributed by atoms with van der Waals surface area (Å²) in [6.07, 6.45) is 0. The Morgan fingerprint density at radius 1 is 1.12 bits per heavy atom. The fourth-order valence-corrected chi connectivity index (χ4v) is 2.34. The average molecular weight is 248 g/mol. The molecule has 0 spiro atoms. The van der Waals surface area contributed by atoms with Crippen molar-refractivity contribution < 1.29 is 0 Å². The van der Waals surface area contributed by atoms with Crippen molar-refractivity contribution in [3.63, 3.8) is 0 Å². The summed E-state index contributed by atoms with van der Waals surface area (Å²) in [7, 11) is 0. The fourth-order valence-electron chi connectivity index (χ4n) is 1.61. The maximum atomic E-state index is 4.47. The molecule has 0 unspecified atom stereocenters. The van der Waals surface area contributed by atoms with Crippen LogP contribution >= 0.6 is 11.5 Å². The highest BCUT2D eigenvalue weighted by Crippen LogP contribution is 2.22. The lowest BCUT2D eigenvalue weighted by Crippen LogP contribution is -2.08. The van der Waals surface area contributed by atoms with Crippen LogP contribution in [0, 0.1) is 13.8 Å². The molecule has 0 saturated heterocycles. The van der Waals surface area contributed by atoms with Gasteiger partial charge in [-0.25, -0.2) is 0 Å². The Kier molecular flexibility index (Phi) is 3.38. The van der Waals surface area contributed by atoms with Crippen molar-refractivity contribution in [2.75, 3.05) is 5.32 Å². The molecule has 0 bridgehead atoms. The minimum absolute atomic E-state index is 0.372. The standard InChI is InChI=1S/C12H16N4S/c1-7(2)13-12-15-11(16-17-12)10-5-8(3)14-9(4)6-10/h5-7H,1-4H3,(H,13,15,16). The molecule has 0 radical (unpaired) electrons. The van der Waals surface area contributed by atoms with Crippen molar-refractivity contribution in [3.05, 3.63) is 23.5 Å². The summed E-state index contributed by atoms with van der Waals surface area (Å²) in [5.74, 6) is 0.770. The highest BCUT2D eigenvalue weighted by atomic mass is 32.1. The van der Waals surface area contributed by atoms with Crippen LogP contribution in [0.4, 0.5) is 5.13 Å². The molecule has 0 aliphatic heterocycles. The van der Waals surface area contributed by atoms with Gasteiger partial charge in [0.1, 0.15) is 0 Å². The van der Waals surface area contributed by atoms with Gasteiger partial charge < -0.3 is 5.32 Å². The zero-order valence-electron chi connectivity index (χ0n) is 10.5. The molecule has 2 aromatic rings. The predicted octanol–water partition coefficient (Wildman–Crippen LogP) is 3.04. The van der Waals surface area contributed by atoms with E-state index in [1.165, 1.54) is 11.5 Å². The minimum atomic E-state index is 0.372. The van der Waals surface area contributed by atoms with Gasteiger partial charge in [-0.2, -0.15) is 9.36 Å². The van der Waals surface area contributed by atoms with Crippen LogP contribution in [0.3, 0.4) is 0 Å². The van der Waals surface area contributed by atoms with Gasteiger partial charge in [0, 0.05) is 34.5 Å². The highest BCUT2D eigenvalue weighted by Gasteiger charge is 2.08. The van der Waals surface area contributed by atoms with Crippen molar-refractivity contribution in [1.82, 2.24) is 14.3 Å². The topological polar surface area (TPSA) is 50.7 Å². The van der Waals surface area contributed by atoms with Crippen molar-refractivity contribution >= 4 is 16.7 Å². The van der Waals surface area contributed by atoms with E-state index in [9.17, 15) is 0 Å². The molecule has 0 aliphatic carbocycles. The van der Waals surface area contributed by atoms with Gasteiger partial charge in [-0.15, -0.1) is 0 Å². The Morgan fingerprint density at radius 3 is 2.35 bits per heavy atom. The molecule has 1 N–H and O–H groups in total. The monoisotopic (exact) mass is 248 g/mol. The first-order valence-electron chi connectivity index (χ1n) is 5.60. The molecular weight excluding hydrogens is 232 g/mol. The van der Waals surface area contributed by atoms with Gasteiger partial charge in [-0.1, -0.05) is 0 Å². The first-order chi connectivity index (χ1) is 8.04. The van der Waals surface area contributed by atoms with Gasteiger partial charge in [0.15, 0.2) is 5.82 Å². The molecule has 2 aromatic heterocycles. The highest BCUT2D eigenvalue weighted by molar-refractivity contribution is 7.09. The molecule has 0 aliphatic rings. The molecule has 0 saturated carbocycles. The summed E-state index contributed by atoms with van der Waals surface area (Å²) in [4.78, 5) is 8.82. The van der Waals surface area contributed by atoms with Crippen LogP contribution in [-0.2, 0) is 0 Å². The predicted molar refractivity (Wildman–Crippen MR) is 71.4 cm³/mol. The molecule has 2 rings (SSSR count). The molecule has 17 heavy (non-hydrogen) atoms. The average Bonchev–Trinajstić information content (AvgIpc) is 2.63. The molecule has 0 atom stereocenters. The Bertz CT molecular complexity index is 499. The number of rotatable bonds is 3. The van der Waals surface area contributed by atoms with Gasteiger partial charge in [-0.05, 0) is 39.8 Å². The van der Waals surface area contributed by atoms with Crippen LogP contribution < -0.4 is 5.32 Å². The summed E-state index contributed by atoms with van der Waals surface area (Å²) in [6, 6.07) is 4.39. The van der Waals surface area contributed by atoms with Gasteiger partial charge in [0.25, 0.3) is 0 Å². The largest absolute Gasteiger partial charge is 0.358 e. The molecule has 0 amide bonds. The van der Waals surface area contributed by atoms with Crippen molar-refractivity contribution in [3.8, 4) is 11.4 Å². The third kappa shape index (κ3) is 3.00. The fraction of sp³-hybridized carbons (Fsp3) is 0.417. The quantitative estimate of drug-likeness (QED) is 0.907. The number of nitrogens with one attached hydrogen (secondary N) is 1. The van der Waals surface area contributed by atoms with E-state index in [2.05, 4.69) is 33.5 Å².